The van der Waals surface area contributed by atoms with E-state index in [0.717, 1.165) is 6.07 Å². The Balaban J connectivity index is 0.000000810. The van der Waals surface area contributed by atoms with Gasteiger partial charge in [0.2, 0.25) is 0 Å². The summed E-state index contributed by atoms with van der Waals surface area (Å²) in [7, 11) is 0. The summed E-state index contributed by atoms with van der Waals surface area (Å²) in [6.45, 7) is 0. The van der Waals surface area contributed by atoms with E-state index >= 15 is 0 Å². The summed E-state index contributed by atoms with van der Waals surface area (Å²) in [6.07, 6.45) is 0. The molecule has 1 aromatic carbocycles. The maximum atomic E-state index is 12.2. The van der Waals surface area contributed by atoms with Crippen molar-refractivity contribution in [2.75, 3.05) is 0 Å². The van der Waals surface area contributed by atoms with Gasteiger partial charge >= 0.3 is 64.0 Å². The van der Waals surface area contributed by atoms with Crippen LogP contribution in [0.3, 0.4) is 0 Å². The molecule has 50 valence electrons. The quantitative estimate of drug-likeness (QED) is 0.367. The van der Waals surface area contributed by atoms with Gasteiger partial charge in [-0.15, -0.1) is 0 Å². The Morgan fingerprint density at radius 1 is 1.00 bits per heavy atom. The minimum atomic E-state index is -0.514. The van der Waals surface area contributed by atoms with Crippen molar-refractivity contribution in [1.82, 2.24) is 0 Å². The van der Waals surface area contributed by atoms with Gasteiger partial charge < -0.3 is 24.0 Å². The summed E-state index contributed by atoms with van der Waals surface area (Å²) in [5.74, 6) is -1.03. The fourth-order valence-corrected chi connectivity index (χ4v) is 1.00. The second-order valence-corrected chi connectivity index (χ2v) is 2.59. The first-order chi connectivity index (χ1) is 4.18. The van der Waals surface area contributed by atoms with Crippen LogP contribution in [0.25, 0.3) is 0 Å². The summed E-state index contributed by atoms with van der Waals surface area (Å²) >= 11 is 1.45. The van der Waals surface area contributed by atoms with Gasteiger partial charge in [0.25, 0.3) is 0 Å². The van der Waals surface area contributed by atoms with Crippen LogP contribution in [0, 0.1) is 11.6 Å². The van der Waals surface area contributed by atoms with E-state index in [1.807, 2.05) is 0 Å². The molecule has 0 aliphatic heterocycles. The summed E-state index contributed by atoms with van der Waals surface area (Å²) < 4.78 is 25.0. The van der Waals surface area contributed by atoms with Crippen molar-refractivity contribution in [3.05, 3.63) is 29.8 Å². The molecular weight excluding hydrogens is 261 g/mol. The van der Waals surface area contributed by atoms with Crippen molar-refractivity contribution < 1.29 is 32.8 Å². The first-order valence-corrected chi connectivity index (χ1v) is 3.17. The van der Waals surface area contributed by atoms with Gasteiger partial charge in [0.1, 0.15) is 0 Å². The average molecular weight is 264 g/mol. The molecule has 1 rings (SSSR count). The number of benzene rings is 1. The molecule has 0 amide bonds. The fourth-order valence-electron chi connectivity index (χ4n) is 0.611. The normalized spacial score (nSPS) is 8.80. The molecule has 0 atom stereocenters. The summed E-state index contributed by atoms with van der Waals surface area (Å²) in [5.41, 5.74) is 0. The second-order valence-electron chi connectivity index (χ2n) is 1.78. The van der Waals surface area contributed by atoms with Crippen LogP contribution in [-0.4, -0.2) is 21.7 Å². The standard InChI is InChI=1S/C6H3F2.HI.Mg/c7-5-2-1-3-6(8)4-5;;/h2-4H;1H;/q;;+1/p-1. The van der Waals surface area contributed by atoms with Crippen LogP contribution in [-0.2, 0) is 0 Å². The molecule has 0 nitrogen and oxygen atoms in total. The number of halogens is 3. The van der Waals surface area contributed by atoms with E-state index in [-0.39, 0.29) is 24.0 Å². The predicted molar refractivity (Wildman–Crippen MR) is 31.7 cm³/mol. The third-order valence-corrected chi connectivity index (χ3v) is 1.33. The minimum absolute atomic E-state index is 0. The molecule has 0 aromatic heterocycles. The van der Waals surface area contributed by atoms with E-state index in [4.69, 9.17) is 0 Å². The van der Waals surface area contributed by atoms with Crippen molar-refractivity contribution in [3.63, 3.8) is 0 Å². The van der Waals surface area contributed by atoms with E-state index in [9.17, 15) is 8.78 Å². The Morgan fingerprint density at radius 2 is 1.40 bits per heavy atom. The van der Waals surface area contributed by atoms with Crippen molar-refractivity contribution >= 4 is 25.4 Å². The first kappa shape index (κ1) is 10.6. The van der Waals surface area contributed by atoms with Crippen LogP contribution >= 0.6 is 0 Å². The Kier molecular flexibility index (Phi) is 4.71. The molecule has 0 bridgehead atoms. The van der Waals surface area contributed by atoms with E-state index < -0.39 is 11.6 Å². The van der Waals surface area contributed by atoms with Crippen LogP contribution in [0.15, 0.2) is 18.2 Å². The Morgan fingerprint density at radius 3 is 1.70 bits per heavy atom. The van der Waals surface area contributed by atoms with Gasteiger partial charge in [-0.2, -0.15) is 0 Å². The Hall–Kier alpha value is 0.576. The van der Waals surface area contributed by atoms with E-state index in [0.29, 0.717) is 3.69 Å². The molecule has 0 aliphatic carbocycles. The molecule has 0 saturated heterocycles. The Bertz CT molecular complexity index is 177. The number of hydrogen-bond donors (Lipinski definition) is 0. The van der Waals surface area contributed by atoms with E-state index in [1.54, 1.807) is 0 Å². The van der Waals surface area contributed by atoms with Crippen LogP contribution < -0.4 is 27.7 Å². The topological polar surface area (TPSA) is 0 Å². The molecule has 0 spiro atoms. The van der Waals surface area contributed by atoms with Gasteiger partial charge in [0.15, 0.2) is 0 Å². The molecule has 0 radical (unpaired) electrons. The third kappa shape index (κ3) is 3.11. The zero-order valence-corrected chi connectivity index (χ0v) is 8.64. The SMILES string of the molecule is Fc1cc(F)c[c]([Mg+])c1.[I-]. The second kappa shape index (κ2) is 4.45. The van der Waals surface area contributed by atoms with Gasteiger partial charge in [-0.3, -0.25) is 0 Å². The van der Waals surface area contributed by atoms with Crippen LogP contribution in [0.5, 0.6) is 0 Å². The van der Waals surface area contributed by atoms with Gasteiger partial charge in [-0.05, 0) is 0 Å². The van der Waals surface area contributed by atoms with Crippen molar-refractivity contribution in [2.24, 2.45) is 0 Å². The maximum absolute atomic E-state index is 12.2. The summed E-state index contributed by atoms with van der Waals surface area (Å²) in [5, 5.41) is 0. The van der Waals surface area contributed by atoms with Crippen LogP contribution in [0.4, 0.5) is 8.78 Å². The summed E-state index contributed by atoms with van der Waals surface area (Å²) in [4.78, 5) is 0. The third-order valence-electron chi connectivity index (χ3n) is 0.922. The largest absolute Gasteiger partial charge is 1.00 e. The van der Waals surface area contributed by atoms with Gasteiger partial charge in [-0.25, -0.2) is 0 Å². The summed E-state index contributed by atoms with van der Waals surface area (Å²) in [6, 6.07) is 3.44. The monoisotopic (exact) mass is 264 g/mol. The zero-order chi connectivity index (χ0) is 6.85. The van der Waals surface area contributed by atoms with Crippen molar-refractivity contribution in [2.45, 2.75) is 0 Å². The molecule has 0 saturated carbocycles. The molecule has 0 unspecified atom stereocenters. The minimum Gasteiger partial charge on any atom is -1.00 e. The molecule has 0 heterocycles. The maximum Gasteiger partial charge on any atom is -1.00 e. The predicted octanol–water partition coefficient (Wildman–Crippen LogP) is -2.24. The molecule has 0 fully saturated rings. The molecule has 0 N–H and O–H groups in total. The van der Waals surface area contributed by atoms with E-state index in [1.165, 1.54) is 33.8 Å². The van der Waals surface area contributed by atoms with Crippen molar-refractivity contribution in [3.8, 4) is 0 Å². The van der Waals surface area contributed by atoms with Crippen LogP contribution in [0.1, 0.15) is 0 Å². The van der Waals surface area contributed by atoms with Crippen LogP contribution in [0.2, 0.25) is 0 Å². The zero-order valence-electron chi connectivity index (χ0n) is 5.07. The number of hydrogen-bond acceptors (Lipinski definition) is 0. The average Bonchev–Trinajstić information content (AvgIpc) is 1.59. The molecule has 0 aliphatic rings. The van der Waals surface area contributed by atoms with Crippen molar-refractivity contribution in [1.29, 1.82) is 0 Å². The fraction of sp³-hybridized carbons (Fsp3) is 0. The molecular formula is C6H3F2IMg. The van der Waals surface area contributed by atoms with Gasteiger partial charge in [0.05, 0.1) is 0 Å². The van der Waals surface area contributed by atoms with Gasteiger partial charge in [0, 0.05) is 0 Å². The molecule has 1 aromatic rings. The smallest absolute Gasteiger partial charge is 1.00 e. The number of rotatable bonds is 0. The molecule has 4 heteroatoms. The first-order valence-electron chi connectivity index (χ1n) is 2.46. The van der Waals surface area contributed by atoms with E-state index in [2.05, 4.69) is 0 Å². The Labute approximate surface area is 87.5 Å². The molecule has 10 heavy (non-hydrogen) atoms. The van der Waals surface area contributed by atoms with Gasteiger partial charge in [-0.1, -0.05) is 0 Å².